The summed E-state index contributed by atoms with van der Waals surface area (Å²) in [5.41, 5.74) is 1.43. The zero-order valence-corrected chi connectivity index (χ0v) is 12.9. The Morgan fingerprint density at radius 2 is 1.70 bits per heavy atom. The summed E-state index contributed by atoms with van der Waals surface area (Å²) in [4.78, 5) is 0. The highest BCUT2D eigenvalue weighted by Gasteiger charge is 2.10. The molecule has 0 fully saturated rings. The molecular formula is C19H27N. The van der Waals surface area contributed by atoms with E-state index in [1.165, 1.54) is 48.4 Å². The minimum atomic E-state index is 0.501. The van der Waals surface area contributed by atoms with E-state index in [0.29, 0.717) is 6.04 Å². The number of unbranched alkanes of at least 4 members (excludes halogenated alkanes) is 3. The molecule has 0 aliphatic carbocycles. The Morgan fingerprint density at radius 1 is 0.900 bits per heavy atom. The highest BCUT2D eigenvalue weighted by atomic mass is 14.9. The van der Waals surface area contributed by atoms with Crippen LogP contribution in [0.4, 0.5) is 0 Å². The normalized spacial score (nSPS) is 12.7. The van der Waals surface area contributed by atoms with E-state index in [4.69, 9.17) is 0 Å². The van der Waals surface area contributed by atoms with Crippen molar-refractivity contribution in [3.63, 3.8) is 0 Å². The van der Waals surface area contributed by atoms with Crippen molar-refractivity contribution in [1.82, 2.24) is 5.32 Å². The molecule has 0 bridgehead atoms. The summed E-state index contributed by atoms with van der Waals surface area (Å²) in [6.45, 7) is 5.50. The van der Waals surface area contributed by atoms with Gasteiger partial charge in [0.1, 0.15) is 0 Å². The summed E-state index contributed by atoms with van der Waals surface area (Å²) >= 11 is 0. The lowest BCUT2D eigenvalue weighted by atomic mass is 9.97. The lowest BCUT2D eigenvalue weighted by Gasteiger charge is -2.19. The lowest BCUT2D eigenvalue weighted by Crippen LogP contribution is -2.20. The summed E-state index contributed by atoms with van der Waals surface area (Å²) in [5, 5.41) is 6.32. The molecule has 0 spiro atoms. The molecule has 0 saturated heterocycles. The van der Waals surface area contributed by atoms with E-state index in [0.717, 1.165) is 6.54 Å². The van der Waals surface area contributed by atoms with E-state index in [2.05, 4.69) is 61.6 Å². The van der Waals surface area contributed by atoms with E-state index in [9.17, 15) is 0 Å². The van der Waals surface area contributed by atoms with E-state index in [1.54, 1.807) is 0 Å². The van der Waals surface area contributed by atoms with Crippen molar-refractivity contribution >= 4 is 10.8 Å². The van der Waals surface area contributed by atoms with Crippen LogP contribution in [-0.2, 0) is 0 Å². The molecule has 1 heteroatoms. The van der Waals surface area contributed by atoms with Gasteiger partial charge in [-0.05, 0) is 35.4 Å². The second kappa shape index (κ2) is 8.06. The first-order valence-electron chi connectivity index (χ1n) is 8.07. The van der Waals surface area contributed by atoms with Crippen LogP contribution < -0.4 is 5.32 Å². The summed E-state index contributed by atoms with van der Waals surface area (Å²) in [7, 11) is 0. The lowest BCUT2D eigenvalue weighted by molar-refractivity contribution is 0.482. The SMILES string of the molecule is CCCCCCC(NCC)c1ccc2ccccc2c1. The monoisotopic (exact) mass is 269 g/mol. The Hall–Kier alpha value is -1.34. The minimum Gasteiger partial charge on any atom is -0.310 e. The second-order valence-corrected chi connectivity index (χ2v) is 5.57. The third kappa shape index (κ3) is 4.08. The Balaban J connectivity index is 2.09. The van der Waals surface area contributed by atoms with Crippen LogP contribution in [0.15, 0.2) is 42.5 Å². The molecule has 0 heterocycles. The van der Waals surface area contributed by atoms with Crippen molar-refractivity contribution in [2.75, 3.05) is 6.54 Å². The standard InChI is InChI=1S/C19H27N/c1-3-5-6-7-12-19(20-4-2)18-14-13-16-10-8-9-11-17(16)15-18/h8-11,13-15,19-20H,3-7,12H2,1-2H3. The molecule has 0 amide bonds. The molecule has 20 heavy (non-hydrogen) atoms. The number of nitrogens with one attached hydrogen (secondary N) is 1. The molecule has 108 valence electrons. The smallest absolute Gasteiger partial charge is 0.0320 e. The molecule has 1 atom stereocenters. The van der Waals surface area contributed by atoms with Gasteiger partial charge in [0.05, 0.1) is 0 Å². The minimum absolute atomic E-state index is 0.501. The van der Waals surface area contributed by atoms with Gasteiger partial charge in [-0.15, -0.1) is 0 Å². The first-order chi connectivity index (χ1) is 9.85. The van der Waals surface area contributed by atoms with Crippen LogP contribution in [0.25, 0.3) is 10.8 Å². The molecule has 2 aromatic rings. The van der Waals surface area contributed by atoms with Crippen LogP contribution in [0.2, 0.25) is 0 Å². The van der Waals surface area contributed by atoms with Crippen molar-refractivity contribution < 1.29 is 0 Å². The van der Waals surface area contributed by atoms with Gasteiger partial charge >= 0.3 is 0 Å². The fourth-order valence-corrected chi connectivity index (χ4v) is 2.83. The van der Waals surface area contributed by atoms with Gasteiger partial charge in [-0.3, -0.25) is 0 Å². The molecule has 0 saturated carbocycles. The molecule has 0 radical (unpaired) electrons. The van der Waals surface area contributed by atoms with Crippen molar-refractivity contribution in [3.8, 4) is 0 Å². The molecule has 2 aromatic carbocycles. The number of hydrogen-bond acceptors (Lipinski definition) is 1. The van der Waals surface area contributed by atoms with E-state index in [1.807, 2.05) is 0 Å². The number of rotatable bonds is 8. The topological polar surface area (TPSA) is 12.0 Å². The Morgan fingerprint density at radius 3 is 2.45 bits per heavy atom. The van der Waals surface area contributed by atoms with Crippen LogP contribution in [-0.4, -0.2) is 6.54 Å². The van der Waals surface area contributed by atoms with Crippen LogP contribution in [0.3, 0.4) is 0 Å². The summed E-state index contributed by atoms with van der Waals surface area (Å²) < 4.78 is 0. The summed E-state index contributed by atoms with van der Waals surface area (Å²) in [6, 6.07) is 16.0. The third-order valence-corrected chi connectivity index (χ3v) is 3.97. The maximum absolute atomic E-state index is 3.64. The zero-order valence-electron chi connectivity index (χ0n) is 12.9. The van der Waals surface area contributed by atoms with E-state index in [-0.39, 0.29) is 0 Å². The third-order valence-electron chi connectivity index (χ3n) is 3.97. The quantitative estimate of drug-likeness (QED) is 0.627. The first-order valence-corrected chi connectivity index (χ1v) is 8.07. The highest BCUT2D eigenvalue weighted by molar-refractivity contribution is 5.83. The Kier molecular flexibility index (Phi) is 6.07. The maximum Gasteiger partial charge on any atom is 0.0320 e. The number of hydrogen-bond donors (Lipinski definition) is 1. The van der Waals surface area contributed by atoms with Crippen LogP contribution in [0.5, 0.6) is 0 Å². The van der Waals surface area contributed by atoms with Crippen LogP contribution in [0.1, 0.15) is 57.6 Å². The van der Waals surface area contributed by atoms with Crippen molar-refractivity contribution in [2.45, 2.75) is 52.0 Å². The van der Waals surface area contributed by atoms with Gasteiger partial charge < -0.3 is 5.32 Å². The summed E-state index contributed by atoms with van der Waals surface area (Å²) in [5.74, 6) is 0. The Bertz CT molecular complexity index is 518. The van der Waals surface area contributed by atoms with Crippen molar-refractivity contribution in [2.24, 2.45) is 0 Å². The highest BCUT2D eigenvalue weighted by Crippen LogP contribution is 2.24. The fraction of sp³-hybridized carbons (Fsp3) is 0.474. The average molecular weight is 269 g/mol. The largest absolute Gasteiger partial charge is 0.310 e. The molecular weight excluding hydrogens is 242 g/mol. The van der Waals surface area contributed by atoms with Gasteiger partial charge in [-0.2, -0.15) is 0 Å². The molecule has 1 nitrogen and oxygen atoms in total. The van der Waals surface area contributed by atoms with Gasteiger partial charge in [-0.25, -0.2) is 0 Å². The zero-order chi connectivity index (χ0) is 14.2. The fourth-order valence-electron chi connectivity index (χ4n) is 2.83. The molecule has 0 aliphatic rings. The molecule has 0 aliphatic heterocycles. The van der Waals surface area contributed by atoms with Gasteiger partial charge in [0.2, 0.25) is 0 Å². The molecule has 1 N–H and O–H groups in total. The average Bonchev–Trinajstić information content (AvgIpc) is 2.50. The van der Waals surface area contributed by atoms with Gasteiger partial charge in [0, 0.05) is 6.04 Å². The predicted molar refractivity (Wildman–Crippen MR) is 89.1 cm³/mol. The number of fused-ring (bicyclic) bond motifs is 1. The van der Waals surface area contributed by atoms with E-state index < -0.39 is 0 Å². The van der Waals surface area contributed by atoms with Crippen LogP contribution >= 0.6 is 0 Å². The molecule has 2 rings (SSSR count). The van der Waals surface area contributed by atoms with Gasteiger partial charge in [0.15, 0.2) is 0 Å². The van der Waals surface area contributed by atoms with Crippen molar-refractivity contribution in [1.29, 1.82) is 0 Å². The number of benzene rings is 2. The molecule has 1 unspecified atom stereocenters. The summed E-state index contributed by atoms with van der Waals surface area (Å²) in [6.07, 6.45) is 6.58. The van der Waals surface area contributed by atoms with Gasteiger partial charge in [-0.1, -0.05) is 75.9 Å². The molecule has 0 aromatic heterocycles. The first kappa shape index (κ1) is 15.1. The van der Waals surface area contributed by atoms with Crippen LogP contribution in [0, 0.1) is 0 Å². The van der Waals surface area contributed by atoms with Gasteiger partial charge in [0.25, 0.3) is 0 Å². The predicted octanol–water partition coefficient (Wildman–Crippen LogP) is 5.46. The van der Waals surface area contributed by atoms with Crippen molar-refractivity contribution in [3.05, 3.63) is 48.0 Å². The van der Waals surface area contributed by atoms with E-state index >= 15 is 0 Å². The Labute approximate surface area is 123 Å². The maximum atomic E-state index is 3.64. The second-order valence-electron chi connectivity index (χ2n) is 5.57.